The minimum atomic E-state index is -0.694. The molecule has 2 aromatic rings. The summed E-state index contributed by atoms with van der Waals surface area (Å²) in [5, 5.41) is 1.22. The van der Waals surface area contributed by atoms with Gasteiger partial charge in [0.2, 0.25) is 11.3 Å². The van der Waals surface area contributed by atoms with Crippen molar-refractivity contribution in [3.05, 3.63) is 61.1 Å². The third-order valence-corrected chi connectivity index (χ3v) is 8.89. The summed E-state index contributed by atoms with van der Waals surface area (Å²) < 4.78 is 9.63. The fourth-order valence-corrected chi connectivity index (χ4v) is 6.52. The summed E-state index contributed by atoms with van der Waals surface area (Å²) in [6.45, 7) is 17.6. The molecular formula is C26H25N7+2. The maximum absolute atomic E-state index is 5.27. The normalized spacial score (nSPS) is 24.8. The minimum Gasteiger partial charge on any atom is -0.225 e. The Balaban J connectivity index is 1.75. The van der Waals surface area contributed by atoms with Crippen molar-refractivity contribution in [2.75, 3.05) is 0 Å². The molecule has 1 unspecified atom stereocenters. The molecule has 0 N–H and O–H groups in total. The molecule has 1 spiro atoms. The lowest BCUT2D eigenvalue weighted by Gasteiger charge is -2.42. The second-order valence-corrected chi connectivity index (χ2v) is 10.1. The van der Waals surface area contributed by atoms with E-state index < -0.39 is 5.91 Å². The topological polar surface area (TPSA) is 53.0 Å². The first-order valence-electron chi connectivity index (χ1n) is 11.6. The average molecular weight is 436 g/mol. The fraction of sp³-hybridized carbons (Fsp3) is 0.346. The number of aliphatic imine (C=N–C) groups is 2. The Labute approximate surface area is 191 Å². The van der Waals surface area contributed by atoms with Crippen LogP contribution < -0.4 is 10.8 Å². The van der Waals surface area contributed by atoms with Gasteiger partial charge in [-0.1, -0.05) is 15.0 Å². The van der Waals surface area contributed by atoms with E-state index in [2.05, 4.69) is 79.8 Å². The van der Waals surface area contributed by atoms with Gasteiger partial charge in [-0.2, -0.15) is 0 Å². The number of aromatic nitrogens is 2. The van der Waals surface area contributed by atoms with Crippen LogP contribution in [0.25, 0.3) is 6.08 Å². The maximum atomic E-state index is 5.27. The van der Waals surface area contributed by atoms with Crippen molar-refractivity contribution < 1.29 is 9.15 Å². The number of amidine groups is 4. The van der Waals surface area contributed by atoms with Gasteiger partial charge in [0.05, 0.1) is 11.0 Å². The molecule has 162 valence electrons. The lowest BCUT2D eigenvalue weighted by atomic mass is 10.1. The fourth-order valence-electron chi connectivity index (χ4n) is 6.52. The lowest BCUT2D eigenvalue weighted by molar-refractivity contribution is -0.792. The van der Waals surface area contributed by atoms with Gasteiger partial charge in [-0.25, -0.2) is 9.13 Å². The quantitative estimate of drug-likeness (QED) is 0.571. The maximum Gasteiger partial charge on any atom is 0.400 e. The van der Waals surface area contributed by atoms with Gasteiger partial charge in [0, 0.05) is 33.4 Å². The summed E-state index contributed by atoms with van der Waals surface area (Å²) in [5.41, 5.74) is 12.0. The Hall–Kier alpha value is -3.61. The van der Waals surface area contributed by atoms with Crippen LogP contribution in [-0.4, -0.2) is 41.6 Å². The van der Waals surface area contributed by atoms with Crippen molar-refractivity contribution >= 4 is 35.2 Å². The Kier molecular flexibility index (Phi) is 2.62. The van der Waals surface area contributed by atoms with E-state index >= 15 is 0 Å². The van der Waals surface area contributed by atoms with Gasteiger partial charge in [0.1, 0.15) is 0 Å². The van der Waals surface area contributed by atoms with Crippen LogP contribution in [0.3, 0.4) is 0 Å². The van der Waals surface area contributed by atoms with Gasteiger partial charge in [-0.05, 0) is 72.6 Å². The standard InChI is InChI=1S/C26H25N7/c1-10-12(3)20-27-22-14(5)16(7)24-29-25-17(8)15(6)23-28-21-13(4)11(2)19-9-18(10)30(20)26(31(19)21,32(22)24)33(23)25/h9H,1-8H3/q+2. The van der Waals surface area contributed by atoms with Crippen LogP contribution in [0.5, 0.6) is 0 Å². The van der Waals surface area contributed by atoms with Crippen LogP contribution in [0.2, 0.25) is 0 Å². The first kappa shape index (κ1) is 17.9. The van der Waals surface area contributed by atoms with Crippen LogP contribution in [-0.2, 0) is 5.91 Å². The number of rotatable bonds is 0. The Morgan fingerprint density at radius 1 is 0.636 bits per heavy atom. The summed E-state index contributed by atoms with van der Waals surface area (Å²) in [5.74, 6) is 4.32. The van der Waals surface area contributed by atoms with Gasteiger partial charge in [-0.15, -0.1) is 9.15 Å². The molecule has 0 aromatic carbocycles. The van der Waals surface area contributed by atoms with Crippen molar-refractivity contribution in [1.29, 1.82) is 0 Å². The van der Waals surface area contributed by atoms with Crippen LogP contribution in [0.1, 0.15) is 55.6 Å². The van der Waals surface area contributed by atoms with Gasteiger partial charge in [-0.3, -0.25) is 0 Å². The number of hydrogen-bond donors (Lipinski definition) is 0. The molecular weight excluding hydrogens is 410 g/mol. The molecule has 0 bridgehead atoms. The van der Waals surface area contributed by atoms with E-state index in [1.807, 2.05) is 0 Å². The lowest BCUT2D eigenvalue weighted by Crippen LogP contribution is -2.72. The Morgan fingerprint density at radius 3 is 1.91 bits per heavy atom. The average Bonchev–Trinajstić information content (AvgIpc) is 3.40. The summed E-state index contributed by atoms with van der Waals surface area (Å²) in [6.07, 6.45) is 2.33. The largest absolute Gasteiger partial charge is 0.400 e. The number of hydrogen-bond acceptors (Lipinski definition) is 3. The zero-order chi connectivity index (χ0) is 22.9. The second-order valence-electron chi connectivity index (χ2n) is 10.1. The predicted octanol–water partition coefficient (Wildman–Crippen LogP) is 2.39. The van der Waals surface area contributed by atoms with Crippen LogP contribution >= 0.6 is 0 Å². The van der Waals surface area contributed by atoms with Crippen LogP contribution in [0.4, 0.5) is 5.82 Å². The van der Waals surface area contributed by atoms with Crippen molar-refractivity contribution in [2.45, 2.75) is 61.3 Å². The van der Waals surface area contributed by atoms with Crippen molar-refractivity contribution in [3.63, 3.8) is 0 Å². The van der Waals surface area contributed by atoms with Gasteiger partial charge >= 0.3 is 5.91 Å². The molecule has 6 aliphatic rings. The second kappa shape index (κ2) is 4.83. The van der Waals surface area contributed by atoms with Crippen molar-refractivity contribution in [2.24, 2.45) is 15.0 Å². The highest BCUT2D eigenvalue weighted by atomic mass is 15.7. The molecule has 0 fully saturated rings. The Morgan fingerprint density at radius 2 is 1.24 bits per heavy atom. The highest BCUT2D eigenvalue weighted by Crippen LogP contribution is 2.47. The van der Waals surface area contributed by atoms with E-state index in [9.17, 15) is 0 Å². The first-order valence-corrected chi connectivity index (χ1v) is 11.6. The third kappa shape index (κ3) is 1.46. The van der Waals surface area contributed by atoms with Crippen LogP contribution in [0.15, 0.2) is 37.3 Å². The zero-order valence-corrected chi connectivity index (χ0v) is 20.2. The van der Waals surface area contributed by atoms with Gasteiger partial charge in [0.25, 0.3) is 23.3 Å². The van der Waals surface area contributed by atoms with E-state index in [1.165, 1.54) is 55.6 Å². The summed E-state index contributed by atoms with van der Waals surface area (Å²) in [7, 11) is 0. The van der Waals surface area contributed by atoms with E-state index in [1.54, 1.807) is 0 Å². The molecule has 1 atom stereocenters. The van der Waals surface area contributed by atoms with E-state index in [4.69, 9.17) is 15.0 Å². The molecule has 0 saturated heterocycles. The predicted molar refractivity (Wildman–Crippen MR) is 127 cm³/mol. The molecule has 8 rings (SSSR count). The molecule has 33 heavy (non-hydrogen) atoms. The van der Waals surface area contributed by atoms with Crippen molar-refractivity contribution in [3.8, 4) is 0 Å². The molecule has 0 saturated carbocycles. The van der Waals surface area contributed by atoms with E-state index in [-0.39, 0.29) is 0 Å². The molecule has 2 aromatic heterocycles. The molecule has 7 heteroatoms. The SMILES string of the molecule is CC1=C(C)C2=[N+]3C1=Nc1c(C)c(C)c4n1C31n3c(c(C)c(C)c3=NC3=[N+]1C(=N2)C(C)=C3C)=C4. The smallest absolute Gasteiger partial charge is 0.225 e. The minimum absolute atomic E-state index is 0.694. The van der Waals surface area contributed by atoms with Gasteiger partial charge in [0.15, 0.2) is 0 Å². The third-order valence-electron chi connectivity index (χ3n) is 8.89. The molecule has 0 amide bonds. The van der Waals surface area contributed by atoms with Gasteiger partial charge < -0.3 is 0 Å². The summed E-state index contributed by atoms with van der Waals surface area (Å²) in [6, 6.07) is 0. The highest BCUT2D eigenvalue weighted by Gasteiger charge is 2.67. The molecule has 6 aliphatic heterocycles. The molecule has 0 aliphatic carbocycles. The zero-order valence-electron chi connectivity index (χ0n) is 20.2. The van der Waals surface area contributed by atoms with E-state index in [0.717, 1.165) is 34.6 Å². The monoisotopic (exact) mass is 435 g/mol. The summed E-state index contributed by atoms with van der Waals surface area (Å²) in [4.78, 5) is 15.8. The highest BCUT2D eigenvalue weighted by molar-refractivity contribution is 6.20. The molecule has 8 heterocycles. The first-order chi connectivity index (χ1) is 15.7. The van der Waals surface area contributed by atoms with Crippen LogP contribution in [0, 0.1) is 27.7 Å². The molecule has 7 nitrogen and oxygen atoms in total. The Bertz CT molecular complexity index is 1820. The molecule has 0 radical (unpaired) electrons. The number of nitrogens with zero attached hydrogens (tertiary/aromatic N) is 7. The summed E-state index contributed by atoms with van der Waals surface area (Å²) >= 11 is 0. The van der Waals surface area contributed by atoms with E-state index in [0.29, 0.717) is 0 Å². The van der Waals surface area contributed by atoms with Crippen molar-refractivity contribution in [1.82, 2.24) is 9.13 Å².